The standard InChI is InChI=1S/C23H20N2O4/c1-15-8-9-18(23(28)29-2)14-20(15)25-22(27)17-10-12-19(13-11-17)24-21(26)16-6-4-3-5-7-16/h3-14H,1-2H3,(H,24,26)(H,25,27). The number of aryl methyl sites for hydroxylation is 1. The van der Waals surface area contributed by atoms with Crippen LogP contribution in [-0.4, -0.2) is 24.9 Å². The van der Waals surface area contributed by atoms with E-state index in [0.717, 1.165) is 5.56 Å². The second-order valence-electron chi connectivity index (χ2n) is 6.37. The number of rotatable bonds is 5. The molecule has 29 heavy (non-hydrogen) atoms. The van der Waals surface area contributed by atoms with Gasteiger partial charge in [0, 0.05) is 22.5 Å². The second kappa shape index (κ2) is 8.84. The lowest BCUT2D eigenvalue weighted by Crippen LogP contribution is -2.14. The Morgan fingerprint density at radius 1 is 0.724 bits per heavy atom. The first-order valence-corrected chi connectivity index (χ1v) is 8.94. The van der Waals surface area contributed by atoms with Gasteiger partial charge in [-0.3, -0.25) is 9.59 Å². The Bertz CT molecular complexity index is 1040. The SMILES string of the molecule is COC(=O)c1ccc(C)c(NC(=O)c2ccc(NC(=O)c3ccccc3)cc2)c1. The summed E-state index contributed by atoms with van der Waals surface area (Å²) in [5.41, 5.74) is 3.25. The molecule has 0 aliphatic heterocycles. The molecule has 0 heterocycles. The van der Waals surface area contributed by atoms with Gasteiger partial charge < -0.3 is 15.4 Å². The summed E-state index contributed by atoms with van der Waals surface area (Å²) in [6.07, 6.45) is 0. The van der Waals surface area contributed by atoms with Gasteiger partial charge in [0.1, 0.15) is 0 Å². The Morgan fingerprint density at radius 3 is 1.97 bits per heavy atom. The third-order valence-electron chi connectivity index (χ3n) is 4.35. The zero-order valence-corrected chi connectivity index (χ0v) is 16.1. The molecule has 3 aromatic rings. The number of methoxy groups -OCH3 is 1. The highest BCUT2D eigenvalue weighted by atomic mass is 16.5. The van der Waals surface area contributed by atoms with Gasteiger partial charge in [-0.1, -0.05) is 24.3 Å². The summed E-state index contributed by atoms with van der Waals surface area (Å²) >= 11 is 0. The minimum absolute atomic E-state index is 0.224. The molecule has 0 saturated heterocycles. The van der Waals surface area contributed by atoms with E-state index in [1.54, 1.807) is 66.7 Å². The van der Waals surface area contributed by atoms with Gasteiger partial charge in [0.05, 0.1) is 12.7 Å². The van der Waals surface area contributed by atoms with Crippen LogP contribution in [0.5, 0.6) is 0 Å². The molecule has 0 spiro atoms. The molecule has 2 amide bonds. The van der Waals surface area contributed by atoms with Crippen molar-refractivity contribution in [2.45, 2.75) is 6.92 Å². The number of benzene rings is 3. The minimum atomic E-state index is -0.473. The predicted molar refractivity (Wildman–Crippen MR) is 111 cm³/mol. The first kappa shape index (κ1) is 19.8. The van der Waals surface area contributed by atoms with Gasteiger partial charge >= 0.3 is 5.97 Å². The number of nitrogens with one attached hydrogen (secondary N) is 2. The summed E-state index contributed by atoms with van der Waals surface area (Å²) in [5.74, 6) is -1.02. The minimum Gasteiger partial charge on any atom is -0.465 e. The van der Waals surface area contributed by atoms with E-state index < -0.39 is 5.97 Å². The Morgan fingerprint density at radius 2 is 1.31 bits per heavy atom. The van der Waals surface area contributed by atoms with Crippen molar-refractivity contribution in [2.24, 2.45) is 0 Å². The molecule has 6 nitrogen and oxygen atoms in total. The molecule has 0 aromatic heterocycles. The van der Waals surface area contributed by atoms with Crippen molar-refractivity contribution in [3.05, 3.63) is 95.1 Å². The van der Waals surface area contributed by atoms with Crippen molar-refractivity contribution >= 4 is 29.2 Å². The van der Waals surface area contributed by atoms with Crippen molar-refractivity contribution in [2.75, 3.05) is 17.7 Å². The molecule has 0 radical (unpaired) electrons. The normalized spacial score (nSPS) is 10.1. The molecule has 3 aromatic carbocycles. The summed E-state index contributed by atoms with van der Waals surface area (Å²) in [6.45, 7) is 1.83. The molecule has 0 aliphatic carbocycles. The van der Waals surface area contributed by atoms with Gasteiger partial charge in [0.2, 0.25) is 0 Å². The lowest BCUT2D eigenvalue weighted by atomic mass is 10.1. The first-order chi connectivity index (χ1) is 14.0. The number of anilines is 2. The van der Waals surface area contributed by atoms with Crippen LogP contribution in [0.3, 0.4) is 0 Å². The van der Waals surface area contributed by atoms with Gasteiger partial charge in [0.15, 0.2) is 0 Å². The van der Waals surface area contributed by atoms with E-state index >= 15 is 0 Å². The van der Waals surface area contributed by atoms with E-state index in [1.807, 2.05) is 13.0 Å². The highest BCUT2D eigenvalue weighted by Gasteiger charge is 2.12. The molecule has 3 rings (SSSR count). The molecular formula is C23H20N2O4. The maximum absolute atomic E-state index is 12.6. The third-order valence-corrected chi connectivity index (χ3v) is 4.35. The third kappa shape index (κ3) is 4.87. The number of ether oxygens (including phenoxy) is 1. The Kier molecular flexibility index (Phi) is 6.04. The fraction of sp³-hybridized carbons (Fsp3) is 0.0870. The number of amides is 2. The lowest BCUT2D eigenvalue weighted by molar-refractivity contribution is 0.0600. The average Bonchev–Trinajstić information content (AvgIpc) is 2.75. The van der Waals surface area contributed by atoms with E-state index in [1.165, 1.54) is 7.11 Å². The largest absolute Gasteiger partial charge is 0.465 e. The number of carbonyl (C=O) groups is 3. The van der Waals surface area contributed by atoms with Gasteiger partial charge in [0.25, 0.3) is 11.8 Å². The van der Waals surface area contributed by atoms with Crippen LogP contribution < -0.4 is 10.6 Å². The number of carbonyl (C=O) groups excluding carboxylic acids is 3. The molecule has 0 aliphatic rings. The highest BCUT2D eigenvalue weighted by molar-refractivity contribution is 6.07. The van der Waals surface area contributed by atoms with Crippen LogP contribution in [0.2, 0.25) is 0 Å². The first-order valence-electron chi connectivity index (χ1n) is 8.94. The van der Waals surface area contributed by atoms with Crippen molar-refractivity contribution < 1.29 is 19.1 Å². The molecule has 0 saturated carbocycles. The molecule has 0 bridgehead atoms. The summed E-state index contributed by atoms with van der Waals surface area (Å²) in [7, 11) is 1.30. The Labute approximate surface area is 168 Å². The summed E-state index contributed by atoms with van der Waals surface area (Å²) in [4.78, 5) is 36.4. The van der Waals surface area contributed by atoms with Crippen molar-refractivity contribution in [3.63, 3.8) is 0 Å². The van der Waals surface area contributed by atoms with E-state index in [-0.39, 0.29) is 11.8 Å². The predicted octanol–water partition coefficient (Wildman–Crippen LogP) is 4.29. The van der Waals surface area contributed by atoms with Crippen LogP contribution in [-0.2, 0) is 4.74 Å². The quantitative estimate of drug-likeness (QED) is 0.639. The van der Waals surface area contributed by atoms with Crippen molar-refractivity contribution in [3.8, 4) is 0 Å². The molecule has 2 N–H and O–H groups in total. The monoisotopic (exact) mass is 388 g/mol. The number of esters is 1. The van der Waals surface area contributed by atoms with E-state index in [9.17, 15) is 14.4 Å². The second-order valence-corrected chi connectivity index (χ2v) is 6.37. The zero-order valence-electron chi connectivity index (χ0n) is 16.1. The van der Waals surface area contributed by atoms with E-state index in [2.05, 4.69) is 10.6 Å². The Balaban J connectivity index is 1.69. The van der Waals surface area contributed by atoms with Crippen molar-refractivity contribution in [1.29, 1.82) is 0 Å². The molecule has 0 atom stereocenters. The van der Waals surface area contributed by atoms with E-state index in [0.29, 0.717) is 28.1 Å². The number of hydrogen-bond donors (Lipinski definition) is 2. The van der Waals surface area contributed by atoms with Crippen LogP contribution >= 0.6 is 0 Å². The van der Waals surface area contributed by atoms with Crippen LogP contribution in [0.15, 0.2) is 72.8 Å². The fourth-order valence-electron chi connectivity index (χ4n) is 2.69. The summed E-state index contributed by atoms with van der Waals surface area (Å²) in [5, 5.41) is 5.59. The molecule has 0 unspecified atom stereocenters. The maximum atomic E-state index is 12.6. The topological polar surface area (TPSA) is 84.5 Å². The lowest BCUT2D eigenvalue weighted by Gasteiger charge is -2.11. The summed E-state index contributed by atoms with van der Waals surface area (Å²) < 4.78 is 4.71. The van der Waals surface area contributed by atoms with Crippen LogP contribution in [0.1, 0.15) is 36.6 Å². The average molecular weight is 388 g/mol. The van der Waals surface area contributed by atoms with Crippen molar-refractivity contribution in [1.82, 2.24) is 0 Å². The highest BCUT2D eigenvalue weighted by Crippen LogP contribution is 2.19. The van der Waals surface area contributed by atoms with E-state index in [4.69, 9.17) is 4.74 Å². The zero-order chi connectivity index (χ0) is 20.8. The molecular weight excluding hydrogens is 368 g/mol. The summed E-state index contributed by atoms with van der Waals surface area (Å²) in [6, 6.07) is 20.4. The molecule has 6 heteroatoms. The smallest absolute Gasteiger partial charge is 0.337 e. The Hall–Kier alpha value is -3.93. The number of hydrogen-bond acceptors (Lipinski definition) is 4. The molecule has 146 valence electrons. The van der Waals surface area contributed by atoms with Gasteiger partial charge in [-0.2, -0.15) is 0 Å². The van der Waals surface area contributed by atoms with Gasteiger partial charge in [-0.15, -0.1) is 0 Å². The van der Waals surface area contributed by atoms with Crippen LogP contribution in [0, 0.1) is 6.92 Å². The van der Waals surface area contributed by atoms with Gasteiger partial charge in [-0.25, -0.2) is 4.79 Å². The molecule has 0 fully saturated rings. The van der Waals surface area contributed by atoms with Crippen LogP contribution in [0.4, 0.5) is 11.4 Å². The fourth-order valence-corrected chi connectivity index (χ4v) is 2.69. The maximum Gasteiger partial charge on any atom is 0.337 e. The van der Waals surface area contributed by atoms with Gasteiger partial charge in [-0.05, 0) is 61.0 Å². The van der Waals surface area contributed by atoms with Crippen LogP contribution in [0.25, 0.3) is 0 Å².